The lowest BCUT2D eigenvalue weighted by Crippen LogP contribution is -2.43. The van der Waals surface area contributed by atoms with Crippen LogP contribution in [0.4, 0.5) is 0 Å². The number of carbonyl (C=O) groups is 2. The van der Waals surface area contributed by atoms with Crippen molar-refractivity contribution in [3.05, 3.63) is 48.0 Å². The van der Waals surface area contributed by atoms with Crippen LogP contribution in [0, 0.1) is 5.41 Å². The Bertz CT molecular complexity index is 547. The van der Waals surface area contributed by atoms with Crippen LogP contribution in [-0.2, 0) is 30.2 Å². The van der Waals surface area contributed by atoms with E-state index in [0.29, 0.717) is 12.0 Å². The van der Waals surface area contributed by atoms with E-state index in [2.05, 4.69) is 6.58 Å². The SMILES string of the molecule is C=CCCC(Cc1ccc(C(O)OC)cc1)(C(=O)OC)C(=O)OC. The van der Waals surface area contributed by atoms with Crippen LogP contribution in [-0.4, -0.2) is 38.4 Å². The predicted octanol–water partition coefficient (Wildman–Crippen LogP) is 2.17. The second-order valence-corrected chi connectivity index (χ2v) is 5.40. The van der Waals surface area contributed by atoms with E-state index in [4.69, 9.17) is 14.2 Å². The number of allylic oxidation sites excluding steroid dienone is 1. The first-order valence-corrected chi connectivity index (χ1v) is 7.52. The molecule has 0 spiro atoms. The Labute approximate surface area is 142 Å². The van der Waals surface area contributed by atoms with Crippen molar-refractivity contribution in [1.29, 1.82) is 0 Å². The van der Waals surface area contributed by atoms with Crippen molar-refractivity contribution in [2.24, 2.45) is 5.41 Å². The van der Waals surface area contributed by atoms with Gasteiger partial charge in [-0.25, -0.2) is 0 Å². The standard InChI is InChI=1S/C18H24O6/c1-5-6-11-18(16(20)23-3,17(21)24-4)12-13-7-9-14(10-8-13)15(19)22-2/h5,7-10,15,19H,1,6,11-12H2,2-4H3. The number of hydrogen-bond acceptors (Lipinski definition) is 6. The van der Waals surface area contributed by atoms with Gasteiger partial charge in [0.15, 0.2) is 11.7 Å². The molecule has 0 aliphatic heterocycles. The Morgan fingerprint density at radius 1 is 1.17 bits per heavy atom. The van der Waals surface area contributed by atoms with E-state index >= 15 is 0 Å². The lowest BCUT2D eigenvalue weighted by atomic mass is 9.77. The van der Waals surface area contributed by atoms with Crippen LogP contribution in [0.2, 0.25) is 0 Å². The molecular weight excluding hydrogens is 312 g/mol. The molecule has 0 aliphatic carbocycles. The minimum absolute atomic E-state index is 0.129. The van der Waals surface area contributed by atoms with E-state index in [9.17, 15) is 14.7 Å². The van der Waals surface area contributed by atoms with Gasteiger partial charge < -0.3 is 19.3 Å². The number of hydrogen-bond donors (Lipinski definition) is 1. The van der Waals surface area contributed by atoms with Crippen LogP contribution in [0.1, 0.15) is 30.3 Å². The van der Waals surface area contributed by atoms with Crippen molar-refractivity contribution < 1.29 is 28.9 Å². The molecule has 24 heavy (non-hydrogen) atoms. The highest BCUT2D eigenvalue weighted by atomic mass is 16.6. The van der Waals surface area contributed by atoms with Gasteiger partial charge in [0.05, 0.1) is 14.2 Å². The van der Waals surface area contributed by atoms with Gasteiger partial charge in [-0.15, -0.1) is 6.58 Å². The molecule has 0 bridgehead atoms. The van der Waals surface area contributed by atoms with Crippen molar-refractivity contribution in [3.63, 3.8) is 0 Å². The largest absolute Gasteiger partial charge is 0.468 e. The van der Waals surface area contributed by atoms with Crippen molar-refractivity contribution in [2.45, 2.75) is 25.6 Å². The summed E-state index contributed by atoms with van der Waals surface area (Å²) in [6.07, 6.45) is 1.44. The third kappa shape index (κ3) is 4.43. The summed E-state index contributed by atoms with van der Waals surface area (Å²) in [6, 6.07) is 6.81. The molecule has 0 fully saturated rings. The molecule has 0 saturated heterocycles. The first-order chi connectivity index (χ1) is 11.4. The first kappa shape index (κ1) is 19.9. The zero-order valence-corrected chi connectivity index (χ0v) is 14.3. The number of esters is 2. The molecule has 0 radical (unpaired) electrons. The average Bonchev–Trinajstić information content (AvgIpc) is 2.63. The Morgan fingerprint density at radius 2 is 1.71 bits per heavy atom. The molecule has 1 aromatic carbocycles. The first-order valence-electron chi connectivity index (χ1n) is 7.52. The van der Waals surface area contributed by atoms with Crippen molar-refractivity contribution >= 4 is 11.9 Å². The molecule has 1 N–H and O–H groups in total. The van der Waals surface area contributed by atoms with Crippen LogP contribution in [0.15, 0.2) is 36.9 Å². The zero-order chi connectivity index (χ0) is 18.2. The highest BCUT2D eigenvalue weighted by molar-refractivity contribution is 6.00. The lowest BCUT2D eigenvalue weighted by molar-refractivity contribution is -0.169. The van der Waals surface area contributed by atoms with Crippen LogP contribution >= 0.6 is 0 Å². The fraction of sp³-hybridized carbons (Fsp3) is 0.444. The molecule has 1 aromatic rings. The van der Waals surface area contributed by atoms with E-state index in [0.717, 1.165) is 5.56 Å². The summed E-state index contributed by atoms with van der Waals surface area (Å²) in [7, 11) is 3.88. The number of ether oxygens (including phenoxy) is 3. The van der Waals surface area contributed by atoms with Crippen LogP contribution in [0.25, 0.3) is 0 Å². The molecule has 0 aliphatic rings. The minimum Gasteiger partial charge on any atom is -0.468 e. The minimum atomic E-state index is -1.43. The molecule has 0 heterocycles. The maximum absolute atomic E-state index is 12.3. The van der Waals surface area contributed by atoms with Crippen LogP contribution in [0.3, 0.4) is 0 Å². The lowest BCUT2D eigenvalue weighted by Gasteiger charge is -2.28. The summed E-state index contributed by atoms with van der Waals surface area (Å²) in [5.41, 5.74) is -0.116. The summed E-state index contributed by atoms with van der Waals surface area (Å²) < 4.78 is 14.5. The van der Waals surface area contributed by atoms with Gasteiger partial charge in [-0.05, 0) is 24.8 Å². The fourth-order valence-electron chi connectivity index (χ4n) is 2.54. The topological polar surface area (TPSA) is 82.1 Å². The maximum Gasteiger partial charge on any atom is 0.323 e. The normalized spacial score (nSPS) is 12.3. The van der Waals surface area contributed by atoms with Gasteiger partial charge in [-0.1, -0.05) is 30.3 Å². The summed E-state index contributed by atoms with van der Waals surface area (Å²) in [4.78, 5) is 24.7. The van der Waals surface area contributed by atoms with Gasteiger partial charge in [0, 0.05) is 12.7 Å². The Morgan fingerprint density at radius 3 is 2.12 bits per heavy atom. The molecule has 0 aromatic heterocycles. The fourth-order valence-corrected chi connectivity index (χ4v) is 2.54. The van der Waals surface area contributed by atoms with E-state index < -0.39 is 23.6 Å². The summed E-state index contributed by atoms with van der Waals surface area (Å²) >= 11 is 0. The van der Waals surface area contributed by atoms with Crippen LogP contribution < -0.4 is 0 Å². The number of benzene rings is 1. The second-order valence-electron chi connectivity index (χ2n) is 5.40. The predicted molar refractivity (Wildman–Crippen MR) is 88.0 cm³/mol. The van der Waals surface area contributed by atoms with Crippen molar-refractivity contribution in [3.8, 4) is 0 Å². The second kappa shape index (κ2) is 9.20. The highest BCUT2D eigenvalue weighted by Crippen LogP contribution is 2.33. The maximum atomic E-state index is 12.3. The molecule has 1 rings (SSSR count). The third-order valence-electron chi connectivity index (χ3n) is 3.92. The molecule has 0 amide bonds. The molecule has 1 unspecified atom stereocenters. The van der Waals surface area contributed by atoms with Crippen molar-refractivity contribution in [1.82, 2.24) is 0 Å². The van der Waals surface area contributed by atoms with E-state index in [1.54, 1.807) is 30.3 Å². The van der Waals surface area contributed by atoms with E-state index in [1.807, 2.05) is 0 Å². The van der Waals surface area contributed by atoms with E-state index in [1.165, 1.54) is 21.3 Å². The Kier molecular flexibility index (Phi) is 7.61. The van der Waals surface area contributed by atoms with Gasteiger partial charge in [-0.2, -0.15) is 0 Å². The number of carbonyl (C=O) groups excluding carboxylic acids is 2. The molecule has 6 heteroatoms. The van der Waals surface area contributed by atoms with Gasteiger partial charge in [-0.3, -0.25) is 9.59 Å². The number of aliphatic hydroxyl groups excluding tert-OH is 1. The monoisotopic (exact) mass is 336 g/mol. The average molecular weight is 336 g/mol. The quantitative estimate of drug-likeness (QED) is 0.322. The molecule has 6 nitrogen and oxygen atoms in total. The molecule has 0 saturated carbocycles. The van der Waals surface area contributed by atoms with Gasteiger partial charge in [0.2, 0.25) is 0 Å². The number of methoxy groups -OCH3 is 3. The van der Waals surface area contributed by atoms with Gasteiger partial charge in [0.25, 0.3) is 0 Å². The zero-order valence-electron chi connectivity index (χ0n) is 14.3. The van der Waals surface area contributed by atoms with E-state index in [-0.39, 0.29) is 12.8 Å². The third-order valence-corrected chi connectivity index (χ3v) is 3.92. The van der Waals surface area contributed by atoms with Crippen LogP contribution in [0.5, 0.6) is 0 Å². The summed E-state index contributed by atoms with van der Waals surface area (Å²) in [5, 5.41) is 9.64. The molecule has 132 valence electrons. The number of aliphatic hydroxyl groups is 1. The Hall–Kier alpha value is -2.18. The number of rotatable bonds is 9. The smallest absolute Gasteiger partial charge is 0.323 e. The van der Waals surface area contributed by atoms with Gasteiger partial charge >= 0.3 is 11.9 Å². The Balaban J connectivity index is 3.17. The summed E-state index contributed by atoms with van der Waals surface area (Å²) in [6.45, 7) is 3.64. The summed E-state index contributed by atoms with van der Waals surface area (Å²) in [5.74, 6) is -1.28. The molecule has 1 atom stereocenters. The van der Waals surface area contributed by atoms with Gasteiger partial charge in [0.1, 0.15) is 0 Å². The molecular formula is C18H24O6. The van der Waals surface area contributed by atoms with Crippen molar-refractivity contribution in [2.75, 3.05) is 21.3 Å². The highest BCUT2D eigenvalue weighted by Gasteiger charge is 2.47.